The molecular weight excluding hydrogens is 292 g/mol. The Bertz CT molecular complexity index is 772. The third-order valence-corrected chi connectivity index (χ3v) is 3.39. The number of aromatic amines is 1. The smallest absolute Gasteiger partial charge is 0.258 e. The van der Waals surface area contributed by atoms with E-state index in [-0.39, 0.29) is 5.91 Å². The first-order valence-corrected chi connectivity index (χ1v) is 7.13. The number of carbonyl (C=O) groups is 1. The van der Waals surface area contributed by atoms with Crippen molar-refractivity contribution in [2.24, 2.45) is 0 Å². The van der Waals surface area contributed by atoms with Gasteiger partial charge in [0.15, 0.2) is 6.10 Å². The van der Waals surface area contributed by atoms with Crippen LogP contribution in [0.15, 0.2) is 60.9 Å². The van der Waals surface area contributed by atoms with Crippen LogP contribution in [-0.4, -0.2) is 28.2 Å². The number of nitrogens with zero attached hydrogens (tertiary/aromatic N) is 2. The van der Waals surface area contributed by atoms with E-state index in [2.05, 4.69) is 20.5 Å². The average Bonchev–Trinajstić information content (AvgIpc) is 3.05. The predicted octanol–water partition coefficient (Wildman–Crippen LogP) is 2.80. The Labute approximate surface area is 133 Å². The van der Waals surface area contributed by atoms with Crippen LogP contribution < -0.4 is 5.32 Å². The van der Waals surface area contributed by atoms with Crippen LogP contribution in [0.1, 0.15) is 11.7 Å². The fourth-order valence-corrected chi connectivity index (χ4v) is 2.31. The number of benzene rings is 1. The summed E-state index contributed by atoms with van der Waals surface area (Å²) < 4.78 is 5.33. The van der Waals surface area contributed by atoms with E-state index in [1.807, 2.05) is 48.5 Å². The van der Waals surface area contributed by atoms with Gasteiger partial charge in [0.05, 0.1) is 17.6 Å². The Morgan fingerprint density at radius 2 is 1.96 bits per heavy atom. The van der Waals surface area contributed by atoms with E-state index in [4.69, 9.17) is 4.74 Å². The third kappa shape index (κ3) is 3.27. The summed E-state index contributed by atoms with van der Waals surface area (Å²) in [5.74, 6) is -0.266. The molecule has 0 saturated carbocycles. The normalized spacial score (nSPS) is 11.9. The first-order chi connectivity index (χ1) is 11.3. The molecule has 23 heavy (non-hydrogen) atoms. The monoisotopic (exact) mass is 308 g/mol. The Hall–Kier alpha value is -2.99. The molecule has 3 rings (SSSR count). The molecule has 0 aliphatic carbocycles. The molecule has 2 aromatic heterocycles. The zero-order valence-electron chi connectivity index (χ0n) is 12.6. The van der Waals surface area contributed by atoms with Crippen LogP contribution in [0.4, 0.5) is 5.69 Å². The summed E-state index contributed by atoms with van der Waals surface area (Å²) in [6.07, 6.45) is 2.55. The van der Waals surface area contributed by atoms with Crippen molar-refractivity contribution < 1.29 is 9.53 Å². The number of ether oxygens (including phenoxy) is 1. The number of methoxy groups -OCH3 is 1. The van der Waals surface area contributed by atoms with Crippen molar-refractivity contribution in [1.29, 1.82) is 0 Å². The summed E-state index contributed by atoms with van der Waals surface area (Å²) in [6, 6.07) is 14.9. The Balaban J connectivity index is 1.82. The molecule has 6 nitrogen and oxygen atoms in total. The molecule has 6 heteroatoms. The lowest BCUT2D eigenvalue weighted by Crippen LogP contribution is -2.22. The van der Waals surface area contributed by atoms with Gasteiger partial charge in [-0.05, 0) is 17.7 Å². The molecule has 0 aliphatic heterocycles. The van der Waals surface area contributed by atoms with E-state index in [0.717, 1.165) is 5.56 Å². The van der Waals surface area contributed by atoms with Crippen molar-refractivity contribution in [3.05, 3.63) is 66.5 Å². The highest BCUT2D eigenvalue weighted by molar-refractivity contribution is 5.97. The number of aromatic nitrogens is 3. The second-order valence-electron chi connectivity index (χ2n) is 4.89. The summed E-state index contributed by atoms with van der Waals surface area (Å²) in [5.41, 5.74) is 2.71. The van der Waals surface area contributed by atoms with Crippen molar-refractivity contribution in [3.8, 4) is 11.4 Å². The summed E-state index contributed by atoms with van der Waals surface area (Å²) in [5, 5.41) is 9.69. The molecule has 0 saturated heterocycles. The van der Waals surface area contributed by atoms with Crippen molar-refractivity contribution in [1.82, 2.24) is 15.2 Å². The zero-order valence-corrected chi connectivity index (χ0v) is 12.6. The minimum atomic E-state index is -0.692. The molecular formula is C17H16N4O2. The lowest BCUT2D eigenvalue weighted by molar-refractivity contribution is -0.126. The van der Waals surface area contributed by atoms with Gasteiger partial charge in [0.25, 0.3) is 5.91 Å². The Morgan fingerprint density at radius 1 is 1.17 bits per heavy atom. The lowest BCUT2D eigenvalue weighted by Gasteiger charge is -2.15. The largest absolute Gasteiger partial charge is 0.367 e. The number of H-pyrrole nitrogens is 1. The van der Waals surface area contributed by atoms with Crippen LogP contribution in [0, 0.1) is 0 Å². The molecule has 0 fully saturated rings. The summed E-state index contributed by atoms with van der Waals surface area (Å²) in [6.45, 7) is 0. The van der Waals surface area contributed by atoms with Crippen molar-refractivity contribution in [2.75, 3.05) is 12.4 Å². The zero-order chi connectivity index (χ0) is 16.1. The fourth-order valence-electron chi connectivity index (χ4n) is 2.31. The van der Waals surface area contributed by atoms with E-state index in [1.165, 1.54) is 7.11 Å². The second-order valence-corrected chi connectivity index (χ2v) is 4.89. The molecule has 1 atom stereocenters. The average molecular weight is 308 g/mol. The summed E-state index contributed by atoms with van der Waals surface area (Å²) in [7, 11) is 1.51. The maximum atomic E-state index is 12.5. The topological polar surface area (TPSA) is 79.9 Å². The maximum Gasteiger partial charge on any atom is 0.258 e. The van der Waals surface area contributed by atoms with Crippen molar-refractivity contribution in [2.45, 2.75) is 6.10 Å². The van der Waals surface area contributed by atoms with Gasteiger partial charge in [0, 0.05) is 13.3 Å². The first kappa shape index (κ1) is 14.9. The van der Waals surface area contributed by atoms with E-state index >= 15 is 0 Å². The van der Waals surface area contributed by atoms with Crippen LogP contribution in [0.25, 0.3) is 11.4 Å². The first-order valence-electron chi connectivity index (χ1n) is 7.13. The van der Waals surface area contributed by atoms with E-state index < -0.39 is 6.10 Å². The van der Waals surface area contributed by atoms with Gasteiger partial charge in [-0.2, -0.15) is 5.10 Å². The number of carbonyl (C=O) groups excluding carboxylic acids is 1. The van der Waals surface area contributed by atoms with Gasteiger partial charge >= 0.3 is 0 Å². The summed E-state index contributed by atoms with van der Waals surface area (Å²) >= 11 is 0. The number of hydrogen-bond acceptors (Lipinski definition) is 4. The van der Waals surface area contributed by atoms with Crippen LogP contribution in [0.5, 0.6) is 0 Å². The highest BCUT2D eigenvalue weighted by atomic mass is 16.5. The Kier molecular flexibility index (Phi) is 4.44. The number of rotatable bonds is 5. The van der Waals surface area contributed by atoms with Crippen molar-refractivity contribution in [3.63, 3.8) is 0 Å². The quantitative estimate of drug-likeness (QED) is 0.759. The van der Waals surface area contributed by atoms with E-state index in [9.17, 15) is 4.79 Å². The van der Waals surface area contributed by atoms with Gasteiger partial charge in [-0.25, -0.2) is 0 Å². The SMILES string of the molecule is CO[C@H](C(=O)Nc1cn[nH]c1-c1ccccn1)c1ccccc1. The maximum absolute atomic E-state index is 12.5. The number of pyridine rings is 1. The van der Waals surface area contributed by atoms with Crippen molar-refractivity contribution >= 4 is 11.6 Å². The minimum Gasteiger partial charge on any atom is -0.367 e. The predicted molar refractivity (Wildman–Crippen MR) is 86.6 cm³/mol. The van der Waals surface area contributed by atoms with E-state index in [1.54, 1.807) is 12.4 Å². The van der Waals surface area contributed by atoms with Gasteiger partial charge < -0.3 is 10.1 Å². The molecule has 1 amide bonds. The van der Waals surface area contributed by atoms with Crippen LogP contribution in [-0.2, 0) is 9.53 Å². The molecule has 0 spiro atoms. The second kappa shape index (κ2) is 6.85. The number of hydrogen-bond donors (Lipinski definition) is 2. The molecule has 0 bridgehead atoms. The van der Waals surface area contributed by atoms with Gasteiger partial charge in [-0.3, -0.25) is 14.9 Å². The Morgan fingerprint density at radius 3 is 2.65 bits per heavy atom. The van der Waals surface area contributed by atoms with Gasteiger partial charge in [0.1, 0.15) is 5.69 Å². The highest BCUT2D eigenvalue weighted by Crippen LogP contribution is 2.25. The minimum absolute atomic E-state index is 0.266. The van der Waals surface area contributed by atoms with Gasteiger partial charge in [-0.15, -0.1) is 0 Å². The highest BCUT2D eigenvalue weighted by Gasteiger charge is 2.21. The fraction of sp³-hybridized carbons (Fsp3) is 0.118. The molecule has 3 aromatic rings. The number of amides is 1. The van der Waals surface area contributed by atoms with Crippen LogP contribution >= 0.6 is 0 Å². The van der Waals surface area contributed by atoms with Crippen LogP contribution in [0.2, 0.25) is 0 Å². The third-order valence-electron chi connectivity index (χ3n) is 3.39. The number of anilines is 1. The number of nitrogens with one attached hydrogen (secondary N) is 2. The molecule has 1 aromatic carbocycles. The molecule has 2 heterocycles. The molecule has 0 unspecified atom stereocenters. The molecule has 0 radical (unpaired) electrons. The standard InChI is InChI=1S/C17H16N4O2/c1-23-16(12-7-3-2-4-8-12)17(22)20-14-11-19-21-15(14)13-9-5-6-10-18-13/h2-11,16H,1H3,(H,19,21)(H,20,22)/t16-/m0/s1. The molecule has 116 valence electrons. The van der Waals surface area contributed by atoms with Gasteiger partial charge in [-0.1, -0.05) is 36.4 Å². The van der Waals surface area contributed by atoms with Crippen LogP contribution in [0.3, 0.4) is 0 Å². The van der Waals surface area contributed by atoms with Gasteiger partial charge in [0.2, 0.25) is 0 Å². The molecule has 2 N–H and O–H groups in total. The van der Waals surface area contributed by atoms with E-state index in [0.29, 0.717) is 17.1 Å². The molecule has 0 aliphatic rings. The summed E-state index contributed by atoms with van der Waals surface area (Å²) in [4.78, 5) is 16.8. The lowest BCUT2D eigenvalue weighted by atomic mass is 10.1.